The van der Waals surface area contributed by atoms with Crippen LogP contribution in [0.5, 0.6) is 0 Å². The molecular weight excluding hydrogens is 236 g/mol. The highest BCUT2D eigenvalue weighted by atomic mass is 16.3. The minimum Gasteiger partial charge on any atom is -0.395 e. The van der Waals surface area contributed by atoms with E-state index >= 15 is 0 Å². The number of hydrogen-bond donors (Lipinski definition) is 1. The Hall–Kier alpha value is -0.590. The Kier molecular flexibility index (Phi) is 7.41. The summed E-state index contributed by atoms with van der Waals surface area (Å²) in [6.45, 7) is 6.18. The van der Waals surface area contributed by atoms with Gasteiger partial charge < -0.3 is 5.11 Å². The minimum atomic E-state index is -0.188. The fourth-order valence-electron chi connectivity index (χ4n) is 2.99. The van der Waals surface area contributed by atoms with Gasteiger partial charge in [-0.25, -0.2) is 0 Å². The molecule has 110 valence electrons. The number of hydrogen-bond acceptors (Lipinski definition) is 3. The number of nitriles is 1. The van der Waals surface area contributed by atoms with Crippen molar-refractivity contribution in [2.45, 2.75) is 71.3 Å². The largest absolute Gasteiger partial charge is 0.395 e. The van der Waals surface area contributed by atoms with Gasteiger partial charge in [-0.05, 0) is 46.1 Å². The first-order chi connectivity index (χ1) is 9.09. The monoisotopic (exact) mass is 266 g/mol. The second-order valence-corrected chi connectivity index (χ2v) is 6.50. The highest BCUT2D eigenvalue weighted by molar-refractivity contribution is 4.91. The third kappa shape index (κ3) is 6.40. The van der Waals surface area contributed by atoms with Crippen LogP contribution in [0.15, 0.2) is 0 Å². The molecule has 1 N–H and O–H groups in total. The Morgan fingerprint density at radius 3 is 2.42 bits per heavy atom. The molecular formula is C16H30N2O. The van der Waals surface area contributed by atoms with Crippen LogP contribution in [0.3, 0.4) is 0 Å². The van der Waals surface area contributed by atoms with E-state index in [1.165, 1.54) is 32.1 Å². The molecule has 1 aliphatic carbocycles. The summed E-state index contributed by atoms with van der Waals surface area (Å²) >= 11 is 0. The van der Waals surface area contributed by atoms with Gasteiger partial charge in [0, 0.05) is 12.6 Å². The lowest BCUT2D eigenvalue weighted by atomic mass is 9.89. The maximum atomic E-state index is 9.21. The zero-order valence-electron chi connectivity index (χ0n) is 12.7. The highest BCUT2D eigenvalue weighted by Crippen LogP contribution is 2.24. The first kappa shape index (κ1) is 16.5. The third-order valence-corrected chi connectivity index (χ3v) is 4.28. The summed E-state index contributed by atoms with van der Waals surface area (Å²) in [6.07, 6.45) is 9.87. The van der Waals surface area contributed by atoms with E-state index in [0.717, 1.165) is 32.4 Å². The fourth-order valence-corrected chi connectivity index (χ4v) is 2.99. The summed E-state index contributed by atoms with van der Waals surface area (Å²) in [7, 11) is 0. The number of aliphatic hydroxyl groups excluding tert-OH is 1. The molecule has 3 heteroatoms. The summed E-state index contributed by atoms with van der Waals surface area (Å²) in [5, 5.41) is 18.2. The number of rotatable bonds is 8. The van der Waals surface area contributed by atoms with Crippen LogP contribution in [0.1, 0.15) is 65.2 Å². The average molecular weight is 266 g/mol. The first-order valence-electron chi connectivity index (χ1n) is 7.85. The van der Waals surface area contributed by atoms with Crippen molar-refractivity contribution in [3.8, 4) is 6.07 Å². The van der Waals surface area contributed by atoms with E-state index in [1.807, 2.05) is 13.8 Å². The van der Waals surface area contributed by atoms with E-state index < -0.39 is 0 Å². The van der Waals surface area contributed by atoms with Crippen LogP contribution in [0.2, 0.25) is 0 Å². The van der Waals surface area contributed by atoms with Crippen LogP contribution >= 0.6 is 0 Å². The number of unbranched alkanes of at least 4 members (excludes halogenated alkanes) is 1. The molecule has 1 rings (SSSR count). The molecule has 0 unspecified atom stereocenters. The van der Waals surface area contributed by atoms with Gasteiger partial charge in [-0.2, -0.15) is 5.26 Å². The lowest BCUT2D eigenvalue weighted by Crippen LogP contribution is -2.39. The van der Waals surface area contributed by atoms with Gasteiger partial charge in [0.05, 0.1) is 18.1 Å². The molecule has 0 aliphatic heterocycles. The molecule has 0 heterocycles. The van der Waals surface area contributed by atoms with Crippen LogP contribution in [0.4, 0.5) is 0 Å². The summed E-state index contributed by atoms with van der Waals surface area (Å²) in [4.78, 5) is 2.47. The normalized spacial score (nSPS) is 17.6. The molecule has 0 saturated heterocycles. The van der Waals surface area contributed by atoms with Crippen LogP contribution in [-0.2, 0) is 0 Å². The quantitative estimate of drug-likeness (QED) is 0.685. The lowest BCUT2D eigenvalue weighted by Gasteiger charge is -2.34. The van der Waals surface area contributed by atoms with Crippen molar-refractivity contribution >= 4 is 0 Å². The topological polar surface area (TPSA) is 47.3 Å². The van der Waals surface area contributed by atoms with E-state index in [-0.39, 0.29) is 12.0 Å². The van der Waals surface area contributed by atoms with Gasteiger partial charge in [-0.3, -0.25) is 4.90 Å². The molecule has 0 aromatic heterocycles. The average Bonchev–Trinajstić information content (AvgIpc) is 2.43. The Morgan fingerprint density at radius 2 is 1.84 bits per heavy atom. The molecule has 0 amide bonds. The molecule has 0 aromatic rings. The van der Waals surface area contributed by atoms with Crippen LogP contribution < -0.4 is 0 Å². The molecule has 0 radical (unpaired) electrons. The smallest absolute Gasteiger partial charge is 0.0683 e. The van der Waals surface area contributed by atoms with Crippen molar-refractivity contribution in [1.82, 2.24) is 4.90 Å². The lowest BCUT2D eigenvalue weighted by molar-refractivity contribution is 0.121. The Labute approximate surface area is 118 Å². The zero-order chi connectivity index (χ0) is 14.1. The van der Waals surface area contributed by atoms with E-state index in [2.05, 4.69) is 11.0 Å². The summed E-state index contributed by atoms with van der Waals surface area (Å²) in [5.74, 6) is 0. The van der Waals surface area contributed by atoms with Crippen molar-refractivity contribution in [1.29, 1.82) is 5.26 Å². The first-order valence-corrected chi connectivity index (χ1v) is 7.85. The number of nitrogens with zero attached hydrogens (tertiary/aromatic N) is 2. The van der Waals surface area contributed by atoms with E-state index in [1.54, 1.807) is 0 Å². The van der Waals surface area contributed by atoms with Crippen LogP contribution in [0, 0.1) is 16.7 Å². The van der Waals surface area contributed by atoms with Crippen molar-refractivity contribution in [3.05, 3.63) is 0 Å². The predicted molar refractivity (Wildman–Crippen MR) is 78.8 cm³/mol. The predicted octanol–water partition coefficient (Wildman–Crippen LogP) is 3.33. The van der Waals surface area contributed by atoms with Crippen molar-refractivity contribution in [2.75, 3.05) is 19.7 Å². The van der Waals surface area contributed by atoms with Gasteiger partial charge in [-0.15, -0.1) is 0 Å². The number of aliphatic hydroxyl groups is 1. The fraction of sp³-hybridized carbons (Fsp3) is 0.938. The van der Waals surface area contributed by atoms with E-state index in [4.69, 9.17) is 5.26 Å². The minimum absolute atomic E-state index is 0.188. The maximum absolute atomic E-state index is 9.21. The Morgan fingerprint density at radius 1 is 1.16 bits per heavy atom. The van der Waals surface area contributed by atoms with Gasteiger partial charge in [-0.1, -0.05) is 25.7 Å². The van der Waals surface area contributed by atoms with Crippen molar-refractivity contribution in [2.24, 2.45) is 5.41 Å². The Bertz CT molecular complexity index is 277. The highest BCUT2D eigenvalue weighted by Gasteiger charge is 2.21. The molecule has 0 atom stereocenters. The summed E-state index contributed by atoms with van der Waals surface area (Å²) < 4.78 is 0. The molecule has 0 spiro atoms. The van der Waals surface area contributed by atoms with Gasteiger partial charge in [0.25, 0.3) is 0 Å². The standard InChI is InChI=1S/C16H30N2O/c1-16(2,14-17)10-6-7-11-18(12-13-19)15-8-4-3-5-9-15/h15,19H,3-13H2,1-2H3. The molecule has 1 aliphatic rings. The second-order valence-electron chi connectivity index (χ2n) is 6.50. The molecule has 1 saturated carbocycles. The van der Waals surface area contributed by atoms with Gasteiger partial charge in [0.2, 0.25) is 0 Å². The molecule has 0 aromatic carbocycles. The molecule has 1 fully saturated rings. The van der Waals surface area contributed by atoms with Gasteiger partial charge in [0.15, 0.2) is 0 Å². The summed E-state index contributed by atoms with van der Waals surface area (Å²) in [6, 6.07) is 3.05. The summed E-state index contributed by atoms with van der Waals surface area (Å²) in [5.41, 5.74) is -0.188. The van der Waals surface area contributed by atoms with Crippen molar-refractivity contribution < 1.29 is 5.11 Å². The van der Waals surface area contributed by atoms with Crippen molar-refractivity contribution in [3.63, 3.8) is 0 Å². The van der Waals surface area contributed by atoms with Crippen LogP contribution in [0.25, 0.3) is 0 Å². The molecule has 3 nitrogen and oxygen atoms in total. The van der Waals surface area contributed by atoms with Gasteiger partial charge in [0.1, 0.15) is 0 Å². The maximum Gasteiger partial charge on any atom is 0.0683 e. The molecule has 19 heavy (non-hydrogen) atoms. The molecule has 0 bridgehead atoms. The SMILES string of the molecule is CC(C)(C#N)CCCCN(CCO)C1CCCCC1. The van der Waals surface area contributed by atoms with E-state index in [9.17, 15) is 5.11 Å². The van der Waals surface area contributed by atoms with Crippen LogP contribution in [-0.4, -0.2) is 35.7 Å². The second kappa shape index (κ2) is 8.55. The van der Waals surface area contributed by atoms with Gasteiger partial charge >= 0.3 is 0 Å². The zero-order valence-corrected chi connectivity index (χ0v) is 12.7. The van der Waals surface area contributed by atoms with E-state index in [0.29, 0.717) is 6.04 Å². The third-order valence-electron chi connectivity index (χ3n) is 4.28. The Balaban J connectivity index is 2.27.